The predicted octanol–water partition coefficient (Wildman–Crippen LogP) is 5.50. The van der Waals surface area contributed by atoms with E-state index in [4.69, 9.17) is 4.74 Å². The molecule has 1 amide bonds. The zero-order chi connectivity index (χ0) is 19.4. The van der Waals surface area contributed by atoms with Crippen molar-refractivity contribution in [2.24, 2.45) is 5.92 Å². The molecule has 0 saturated carbocycles. The summed E-state index contributed by atoms with van der Waals surface area (Å²) >= 11 is 3.37. The van der Waals surface area contributed by atoms with Crippen molar-refractivity contribution in [1.29, 1.82) is 0 Å². The van der Waals surface area contributed by atoms with Gasteiger partial charge in [0.05, 0.1) is 12.2 Å². The van der Waals surface area contributed by atoms with Crippen molar-refractivity contribution in [3.05, 3.63) is 34.3 Å². The van der Waals surface area contributed by atoms with Crippen molar-refractivity contribution >= 4 is 27.8 Å². The van der Waals surface area contributed by atoms with E-state index < -0.39 is 6.04 Å². The Bertz CT molecular complexity index is 560. The Labute approximate surface area is 166 Å². The first-order valence-electron chi connectivity index (χ1n) is 9.67. The number of nitrogens with one attached hydrogen (secondary N) is 1. The minimum absolute atomic E-state index is 0.264. The number of hydrogen-bond acceptors (Lipinski definition) is 3. The van der Waals surface area contributed by atoms with Crippen LogP contribution >= 0.6 is 15.9 Å². The second kappa shape index (κ2) is 12.9. The normalized spacial score (nSPS) is 12.0. The third-order valence-corrected chi connectivity index (χ3v) is 4.85. The molecule has 0 fully saturated rings. The van der Waals surface area contributed by atoms with Gasteiger partial charge in [-0.3, -0.25) is 4.79 Å². The van der Waals surface area contributed by atoms with Crippen LogP contribution in [0.15, 0.2) is 28.7 Å². The Morgan fingerprint density at radius 1 is 1.08 bits per heavy atom. The van der Waals surface area contributed by atoms with Gasteiger partial charge in [0.1, 0.15) is 6.04 Å². The van der Waals surface area contributed by atoms with Gasteiger partial charge in [0.25, 0.3) is 5.91 Å². The molecule has 1 unspecified atom stereocenters. The fourth-order valence-electron chi connectivity index (χ4n) is 2.72. The lowest BCUT2D eigenvalue weighted by Crippen LogP contribution is -2.43. The van der Waals surface area contributed by atoms with Gasteiger partial charge in [-0.2, -0.15) is 0 Å². The molecule has 0 aliphatic carbocycles. The molecule has 1 rings (SSSR count). The van der Waals surface area contributed by atoms with Gasteiger partial charge >= 0.3 is 5.97 Å². The number of unbranched alkanes of at least 4 members (excludes halogenated alkanes) is 5. The maximum Gasteiger partial charge on any atom is 0.328 e. The molecule has 1 aromatic rings. The van der Waals surface area contributed by atoms with E-state index >= 15 is 0 Å². The summed E-state index contributed by atoms with van der Waals surface area (Å²) in [6.07, 6.45) is 7.42. The zero-order valence-corrected chi connectivity index (χ0v) is 17.8. The van der Waals surface area contributed by atoms with Crippen molar-refractivity contribution in [3.8, 4) is 0 Å². The fourth-order valence-corrected chi connectivity index (χ4v) is 3.19. The largest absolute Gasteiger partial charge is 0.464 e. The SMILES string of the molecule is CCCCCCCCOC(=O)C(CC(C)C)NC(=O)c1ccccc1Br. The lowest BCUT2D eigenvalue weighted by Gasteiger charge is -2.20. The molecule has 1 N–H and O–H groups in total. The molecular weight excluding hydrogens is 394 g/mol. The van der Waals surface area contributed by atoms with Gasteiger partial charge in [-0.15, -0.1) is 0 Å². The van der Waals surface area contributed by atoms with Crippen LogP contribution in [0.3, 0.4) is 0 Å². The topological polar surface area (TPSA) is 55.4 Å². The third kappa shape index (κ3) is 8.84. The number of benzene rings is 1. The summed E-state index contributed by atoms with van der Waals surface area (Å²) in [5, 5.41) is 2.83. The van der Waals surface area contributed by atoms with E-state index in [1.54, 1.807) is 12.1 Å². The lowest BCUT2D eigenvalue weighted by molar-refractivity contribution is -0.146. The van der Waals surface area contributed by atoms with Crippen LogP contribution in [0.1, 0.15) is 76.1 Å². The monoisotopic (exact) mass is 425 g/mol. The summed E-state index contributed by atoms with van der Waals surface area (Å²) in [5.41, 5.74) is 0.519. The van der Waals surface area contributed by atoms with Crippen LogP contribution in [-0.2, 0) is 9.53 Å². The first kappa shape index (κ1) is 22.7. The van der Waals surface area contributed by atoms with E-state index in [-0.39, 0.29) is 17.8 Å². The van der Waals surface area contributed by atoms with Gasteiger partial charge in [-0.25, -0.2) is 4.79 Å². The minimum Gasteiger partial charge on any atom is -0.464 e. The molecule has 1 atom stereocenters. The summed E-state index contributed by atoms with van der Waals surface area (Å²) in [6.45, 7) is 6.67. The minimum atomic E-state index is -0.616. The molecule has 146 valence electrons. The number of ether oxygens (including phenoxy) is 1. The third-order valence-electron chi connectivity index (χ3n) is 4.16. The van der Waals surface area contributed by atoms with Crippen molar-refractivity contribution in [3.63, 3.8) is 0 Å². The van der Waals surface area contributed by atoms with E-state index in [0.29, 0.717) is 23.1 Å². The molecule has 0 aromatic heterocycles. The zero-order valence-electron chi connectivity index (χ0n) is 16.2. The average molecular weight is 426 g/mol. The van der Waals surface area contributed by atoms with Crippen LogP contribution in [0.2, 0.25) is 0 Å². The van der Waals surface area contributed by atoms with Crippen molar-refractivity contribution in [2.75, 3.05) is 6.61 Å². The van der Waals surface area contributed by atoms with Crippen LogP contribution < -0.4 is 5.32 Å². The first-order chi connectivity index (χ1) is 12.5. The molecule has 0 aliphatic heterocycles. The number of hydrogen-bond donors (Lipinski definition) is 1. The summed E-state index contributed by atoms with van der Waals surface area (Å²) in [5.74, 6) is -0.326. The highest BCUT2D eigenvalue weighted by molar-refractivity contribution is 9.10. The van der Waals surface area contributed by atoms with Crippen LogP contribution in [0.5, 0.6) is 0 Å². The maximum atomic E-state index is 12.5. The molecular formula is C21H32BrNO3. The molecule has 4 nitrogen and oxygen atoms in total. The summed E-state index contributed by atoms with van der Waals surface area (Å²) in [7, 11) is 0. The highest BCUT2D eigenvalue weighted by Crippen LogP contribution is 2.17. The fraction of sp³-hybridized carbons (Fsp3) is 0.619. The van der Waals surface area contributed by atoms with Crippen molar-refractivity contribution in [2.45, 2.75) is 71.8 Å². The van der Waals surface area contributed by atoms with Gasteiger partial charge in [0.2, 0.25) is 0 Å². The second-order valence-electron chi connectivity index (χ2n) is 7.07. The Hall–Kier alpha value is -1.36. The van der Waals surface area contributed by atoms with Crippen LogP contribution in [0.4, 0.5) is 0 Å². The highest BCUT2D eigenvalue weighted by Gasteiger charge is 2.24. The first-order valence-corrected chi connectivity index (χ1v) is 10.5. The molecule has 0 bridgehead atoms. The quantitative estimate of drug-likeness (QED) is 0.355. The van der Waals surface area contributed by atoms with Crippen LogP contribution in [0.25, 0.3) is 0 Å². The molecule has 0 radical (unpaired) electrons. The molecule has 0 heterocycles. The molecule has 0 saturated heterocycles. The Morgan fingerprint density at radius 2 is 1.73 bits per heavy atom. The molecule has 0 spiro atoms. The van der Waals surface area contributed by atoms with Crippen molar-refractivity contribution < 1.29 is 14.3 Å². The molecule has 1 aromatic carbocycles. The number of carbonyl (C=O) groups is 2. The van der Waals surface area contributed by atoms with Crippen molar-refractivity contribution in [1.82, 2.24) is 5.32 Å². The summed E-state index contributed by atoms with van der Waals surface area (Å²) < 4.78 is 6.12. The Kier molecular flexibility index (Phi) is 11.3. The molecule has 26 heavy (non-hydrogen) atoms. The van der Waals surface area contributed by atoms with Crippen LogP contribution in [-0.4, -0.2) is 24.5 Å². The predicted molar refractivity (Wildman–Crippen MR) is 109 cm³/mol. The van der Waals surface area contributed by atoms with Gasteiger partial charge in [-0.05, 0) is 46.8 Å². The van der Waals surface area contributed by atoms with Crippen LogP contribution in [0, 0.1) is 5.92 Å². The van der Waals surface area contributed by atoms with E-state index in [1.807, 2.05) is 26.0 Å². The van der Waals surface area contributed by atoms with Gasteiger partial charge < -0.3 is 10.1 Å². The number of rotatable bonds is 12. The second-order valence-corrected chi connectivity index (χ2v) is 7.93. The average Bonchev–Trinajstić information content (AvgIpc) is 2.60. The number of esters is 1. The van der Waals surface area contributed by atoms with E-state index in [2.05, 4.69) is 28.2 Å². The molecule has 0 aliphatic rings. The summed E-state index contributed by atoms with van der Waals surface area (Å²) in [4.78, 5) is 24.9. The number of carbonyl (C=O) groups excluding carboxylic acids is 2. The number of amides is 1. The highest BCUT2D eigenvalue weighted by atomic mass is 79.9. The summed E-state index contributed by atoms with van der Waals surface area (Å²) in [6, 6.07) is 6.57. The standard InChI is InChI=1S/C21H32BrNO3/c1-4-5-6-7-8-11-14-26-21(25)19(15-16(2)3)23-20(24)17-12-9-10-13-18(17)22/h9-10,12-13,16,19H,4-8,11,14-15H2,1-3H3,(H,23,24). The van der Waals surface area contributed by atoms with E-state index in [0.717, 1.165) is 12.8 Å². The Balaban J connectivity index is 2.50. The Morgan fingerprint density at radius 3 is 2.38 bits per heavy atom. The number of halogens is 1. The van der Waals surface area contributed by atoms with Gasteiger partial charge in [0.15, 0.2) is 0 Å². The van der Waals surface area contributed by atoms with E-state index in [1.165, 1.54) is 25.7 Å². The van der Waals surface area contributed by atoms with Gasteiger partial charge in [0, 0.05) is 4.47 Å². The van der Waals surface area contributed by atoms with E-state index in [9.17, 15) is 9.59 Å². The van der Waals surface area contributed by atoms with Gasteiger partial charge in [-0.1, -0.05) is 65.0 Å². The maximum absolute atomic E-state index is 12.5. The smallest absolute Gasteiger partial charge is 0.328 e. The lowest BCUT2D eigenvalue weighted by atomic mass is 10.0. The molecule has 5 heteroatoms.